The van der Waals surface area contributed by atoms with Crippen LogP contribution in [0.1, 0.15) is 27.7 Å². The smallest absolute Gasteiger partial charge is 0.431 e. The zero-order valence-corrected chi connectivity index (χ0v) is 21.4. The molecule has 2 aromatic rings. The molecule has 0 atom stereocenters. The monoisotopic (exact) mass is 491 g/mol. The van der Waals surface area contributed by atoms with Crippen LogP contribution in [0.2, 0.25) is 0 Å². The van der Waals surface area contributed by atoms with Gasteiger partial charge in [-0.1, -0.05) is 5.10 Å². The third-order valence-corrected chi connectivity index (χ3v) is 5.75. The molecule has 31 heavy (non-hydrogen) atoms. The Hall–Kier alpha value is -2.18. The third-order valence-electron chi connectivity index (χ3n) is 4.15. The van der Waals surface area contributed by atoms with Gasteiger partial charge >= 0.3 is 5.13 Å². The summed E-state index contributed by atoms with van der Waals surface area (Å²) in [5.74, 6) is 0.519. The van der Waals surface area contributed by atoms with Crippen LogP contribution in [0.15, 0.2) is 22.4 Å². The van der Waals surface area contributed by atoms with E-state index in [0.29, 0.717) is 27.9 Å². The van der Waals surface area contributed by atoms with Gasteiger partial charge in [0.25, 0.3) is 0 Å². The summed E-state index contributed by atoms with van der Waals surface area (Å²) in [6.07, 6.45) is 1.08. The van der Waals surface area contributed by atoms with Gasteiger partial charge in [-0.2, -0.15) is 0 Å². The molecule has 0 aliphatic heterocycles. The van der Waals surface area contributed by atoms with Gasteiger partial charge in [0.1, 0.15) is 18.5 Å². The van der Waals surface area contributed by atoms with E-state index in [1.165, 1.54) is 18.4 Å². The van der Waals surface area contributed by atoms with Gasteiger partial charge in [-0.25, -0.2) is 8.42 Å². The van der Waals surface area contributed by atoms with Gasteiger partial charge in [0.05, 0.1) is 29.9 Å². The van der Waals surface area contributed by atoms with E-state index in [0.717, 1.165) is 11.4 Å². The van der Waals surface area contributed by atoms with Gasteiger partial charge < -0.3 is 27.4 Å². The van der Waals surface area contributed by atoms with Crippen LogP contribution in [0.5, 0.6) is 5.75 Å². The average molecular weight is 492 g/mol. The number of methoxy groups -OCH3 is 1. The molecule has 13 heteroatoms. The van der Waals surface area contributed by atoms with Gasteiger partial charge in [-0.05, 0) is 50.2 Å². The molecular formula is C18H30ClN7O3S2. The lowest BCUT2D eigenvalue weighted by molar-refractivity contribution is -0.712. The van der Waals surface area contributed by atoms with Crippen LogP contribution in [0.4, 0.5) is 27.3 Å². The minimum atomic E-state index is -3.50. The fourth-order valence-corrected chi connectivity index (χ4v) is 4.63. The van der Waals surface area contributed by atoms with Crippen LogP contribution in [0.25, 0.3) is 0 Å². The van der Waals surface area contributed by atoms with E-state index in [-0.39, 0.29) is 24.5 Å². The van der Waals surface area contributed by atoms with Crippen LogP contribution >= 0.6 is 11.3 Å². The van der Waals surface area contributed by atoms with Crippen molar-refractivity contribution in [3.05, 3.63) is 12.1 Å². The van der Waals surface area contributed by atoms with Gasteiger partial charge in [-0.3, -0.25) is 4.72 Å². The van der Waals surface area contributed by atoms with Crippen LogP contribution in [-0.2, 0) is 17.1 Å². The summed E-state index contributed by atoms with van der Waals surface area (Å²) in [6.45, 7) is 8.45. The van der Waals surface area contributed by atoms with Crippen molar-refractivity contribution in [1.29, 1.82) is 0 Å². The maximum atomic E-state index is 11.8. The molecule has 174 valence electrons. The van der Waals surface area contributed by atoms with Crippen molar-refractivity contribution >= 4 is 48.7 Å². The third kappa shape index (κ3) is 6.91. The summed E-state index contributed by atoms with van der Waals surface area (Å²) in [6, 6.07) is 3.81. The summed E-state index contributed by atoms with van der Waals surface area (Å²) < 4.78 is 33.1. The fraction of sp³-hybridized carbons (Fsp3) is 0.556. The molecule has 0 amide bonds. The van der Waals surface area contributed by atoms with Crippen LogP contribution in [-0.4, -0.2) is 46.0 Å². The number of benzene rings is 1. The Balaban J connectivity index is 0.00000480. The minimum Gasteiger partial charge on any atom is -1.00 e. The summed E-state index contributed by atoms with van der Waals surface area (Å²) in [4.78, 5) is 2.20. The lowest BCUT2D eigenvalue weighted by Gasteiger charge is -2.28. The molecule has 0 aliphatic carbocycles. The molecule has 0 saturated carbocycles. The predicted octanol–water partition coefficient (Wildman–Crippen LogP) is 0.432. The molecule has 0 bridgehead atoms. The van der Waals surface area contributed by atoms with Crippen molar-refractivity contribution in [1.82, 2.24) is 5.10 Å². The highest BCUT2D eigenvalue weighted by Gasteiger charge is 2.24. The fourth-order valence-electron chi connectivity index (χ4n) is 2.96. The molecule has 1 aromatic heterocycles. The largest absolute Gasteiger partial charge is 1.00 e. The summed E-state index contributed by atoms with van der Waals surface area (Å²) in [7, 11) is 1.55. The Kier molecular flexibility index (Phi) is 9.45. The Morgan fingerprint density at radius 3 is 2.26 bits per heavy atom. The number of nitrogens with one attached hydrogen (secondary N) is 2. The van der Waals surface area contributed by atoms with Crippen LogP contribution < -0.4 is 36.8 Å². The van der Waals surface area contributed by atoms with E-state index in [1.807, 2.05) is 0 Å². The SMILES string of the molecule is CNc1cc(NS(C)(=O)=O)c(N=Nc2sc(N(C(C)C)C(C)C)n[n+]2C)cc1OC.[Cl-]. The number of aryl methyl sites for hydroxylation is 1. The Bertz CT molecular complexity index is 1020. The highest BCUT2D eigenvalue weighted by Crippen LogP contribution is 2.38. The van der Waals surface area contributed by atoms with Gasteiger partial charge in [0.15, 0.2) is 0 Å². The van der Waals surface area contributed by atoms with E-state index in [9.17, 15) is 8.42 Å². The Labute approximate surface area is 194 Å². The molecule has 0 saturated heterocycles. The highest BCUT2D eigenvalue weighted by atomic mass is 35.5. The molecule has 0 aliphatic rings. The number of sulfonamides is 1. The standard InChI is InChI=1S/C18H29N7O3S2.ClH/c1-11(2)25(12(3)4)18-22-24(6)17(29-18)21-20-13-10-16(28-7)15(19-5)9-14(13)23-30(8,26)27;/h9-12H,1-8H3,(H,19,23);1H. The molecule has 2 N–H and O–H groups in total. The number of nitrogens with zero attached hydrogens (tertiary/aromatic N) is 5. The van der Waals surface area contributed by atoms with Crippen LogP contribution in [0.3, 0.4) is 0 Å². The van der Waals surface area contributed by atoms with Crippen LogP contribution in [0, 0.1) is 0 Å². The molecule has 1 heterocycles. The predicted molar refractivity (Wildman–Crippen MR) is 121 cm³/mol. The second-order valence-electron chi connectivity index (χ2n) is 7.28. The molecule has 10 nitrogen and oxygen atoms in total. The van der Waals surface area contributed by atoms with E-state index in [4.69, 9.17) is 4.74 Å². The van der Waals surface area contributed by atoms with E-state index >= 15 is 0 Å². The number of ether oxygens (including phenoxy) is 1. The molecule has 0 unspecified atom stereocenters. The maximum absolute atomic E-state index is 11.8. The van der Waals surface area contributed by atoms with Crippen molar-refractivity contribution in [3.63, 3.8) is 0 Å². The maximum Gasteiger partial charge on any atom is 0.431 e. The normalized spacial score (nSPS) is 11.7. The number of hydrogen-bond donors (Lipinski definition) is 2. The highest BCUT2D eigenvalue weighted by molar-refractivity contribution is 7.92. The van der Waals surface area contributed by atoms with Crippen molar-refractivity contribution < 1.29 is 30.2 Å². The topological polar surface area (TPSA) is 112 Å². The van der Waals surface area contributed by atoms with Gasteiger partial charge in [0.2, 0.25) is 15.2 Å². The Morgan fingerprint density at radius 2 is 1.77 bits per heavy atom. The summed E-state index contributed by atoms with van der Waals surface area (Å²) in [5.41, 5.74) is 1.25. The number of anilines is 3. The number of hydrogen-bond acceptors (Lipinski definition) is 9. The number of rotatable bonds is 9. The lowest BCUT2D eigenvalue weighted by Crippen LogP contribution is -3.00. The molecule has 0 spiro atoms. The molecule has 0 radical (unpaired) electrons. The first-order valence-corrected chi connectivity index (χ1v) is 12.1. The van der Waals surface area contributed by atoms with Crippen molar-refractivity contribution in [3.8, 4) is 5.75 Å². The van der Waals surface area contributed by atoms with Gasteiger partial charge in [0, 0.05) is 25.2 Å². The minimum absolute atomic E-state index is 0. The van der Waals surface area contributed by atoms with Crippen molar-refractivity contribution in [2.45, 2.75) is 39.8 Å². The number of halogens is 1. The van der Waals surface area contributed by atoms with Crippen molar-refractivity contribution in [2.24, 2.45) is 17.3 Å². The summed E-state index contributed by atoms with van der Waals surface area (Å²) >= 11 is 1.42. The van der Waals surface area contributed by atoms with Gasteiger partial charge in [-0.15, -0.1) is 4.68 Å². The number of azo groups is 1. The zero-order valence-electron chi connectivity index (χ0n) is 19.0. The molecule has 2 rings (SSSR count). The summed E-state index contributed by atoms with van der Waals surface area (Å²) in [5, 5.41) is 17.6. The average Bonchev–Trinajstić information content (AvgIpc) is 2.98. The second kappa shape index (κ2) is 10.9. The number of aromatic nitrogens is 2. The zero-order chi connectivity index (χ0) is 22.6. The molecular weight excluding hydrogens is 462 g/mol. The van der Waals surface area contributed by atoms with E-state index in [1.54, 1.807) is 30.9 Å². The van der Waals surface area contributed by atoms with E-state index in [2.05, 4.69) is 58.0 Å². The first-order chi connectivity index (χ1) is 14.0. The first kappa shape index (κ1) is 26.9. The molecule has 1 aromatic carbocycles. The second-order valence-corrected chi connectivity index (χ2v) is 9.96. The molecule has 0 fully saturated rings. The lowest BCUT2D eigenvalue weighted by atomic mass is 10.2. The quantitative estimate of drug-likeness (QED) is 0.388. The first-order valence-electron chi connectivity index (χ1n) is 9.41. The van der Waals surface area contributed by atoms with E-state index < -0.39 is 10.0 Å². The van der Waals surface area contributed by atoms with Crippen molar-refractivity contribution in [2.75, 3.05) is 35.4 Å². The Morgan fingerprint density at radius 1 is 1.16 bits per heavy atom.